The number of nitrogens with one attached hydrogen (secondary N) is 1. The molecule has 6 heteroatoms. The first-order valence-corrected chi connectivity index (χ1v) is 3.99. The summed E-state index contributed by atoms with van der Waals surface area (Å²) in [4.78, 5) is 10.7. The molecule has 0 atom stereocenters. The van der Waals surface area contributed by atoms with Crippen LogP contribution >= 0.6 is 0 Å². The highest BCUT2D eigenvalue weighted by Gasteiger charge is 2.04. The normalized spacial score (nSPS) is 9.13. The summed E-state index contributed by atoms with van der Waals surface area (Å²) in [6.07, 6.45) is 0. The third kappa shape index (κ3) is 2.93. The number of hydrogen-bond donors (Lipinski definition) is 2. The van der Waals surface area contributed by atoms with Gasteiger partial charge in [-0.1, -0.05) is 0 Å². The van der Waals surface area contributed by atoms with E-state index < -0.39 is 11.7 Å². The van der Waals surface area contributed by atoms with Crippen LogP contribution in [-0.4, -0.2) is 12.5 Å². The number of halogens is 1. The predicted octanol–water partition coefficient (Wildman–Crippen LogP) is 0.0661. The first-order valence-electron chi connectivity index (χ1n) is 3.99. The zero-order valence-electron chi connectivity index (χ0n) is 7.66. The minimum atomic E-state index is -0.692. The van der Waals surface area contributed by atoms with Crippen molar-refractivity contribution < 1.29 is 13.9 Å². The third-order valence-corrected chi connectivity index (χ3v) is 1.59. The molecule has 1 aromatic carbocycles. The number of benzene rings is 1. The molecule has 0 fully saturated rings. The van der Waals surface area contributed by atoms with Crippen molar-refractivity contribution in [1.82, 2.24) is 5.43 Å². The topological polar surface area (TPSA) is 88.1 Å². The van der Waals surface area contributed by atoms with Crippen LogP contribution in [0.15, 0.2) is 18.2 Å². The number of amides is 1. The van der Waals surface area contributed by atoms with E-state index in [1.807, 2.05) is 5.43 Å². The van der Waals surface area contributed by atoms with E-state index in [9.17, 15) is 9.18 Å². The second-order valence-electron chi connectivity index (χ2n) is 2.61. The molecular formula is C9H8FN3O2. The molecule has 0 aliphatic heterocycles. The average Bonchev–Trinajstić information content (AvgIpc) is 2.26. The quantitative estimate of drug-likeness (QED) is 0.418. The van der Waals surface area contributed by atoms with Crippen molar-refractivity contribution in [2.24, 2.45) is 5.84 Å². The Hall–Kier alpha value is -2.13. The lowest BCUT2D eigenvalue weighted by Crippen LogP contribution is -2.34. The lowest BCUT2D eigenvalue weighted by Gasteiger charge is -2.04. The van der Waals surface area contributed by atoms with Gasteiger partial charge in [-0.25, -0.2) is 10.2 Å². The number of ether oxygens (including phenoxy) is 1. The fraction of sp³-hybridized carbons (Fsp3) is 0.111. The Morgan fingerprint density at radius 1 is 1.67 bits per heavy atom. The van der Waals surface area contributed by atoms with Gasteiger partial charge in [-0.15, -0.1) is 0 Å². The molecule has 0 aliphatic carbocycles. The summed E-state index contributed by atoms with van der Waals surface area (Å²) in [7, 11) is 0. The lowest BCUT2D eigenvalue weighted by molar-refractivity contribution is -0.123. The number of nitrogens with zero attached hydrogens (tertiary/aromatic N) is 1. The maximum absolute atomic E-state index is 13.0. The third-order valence-electron chi connectivity index (χ3n) is 1.59. The van der Waals surface area contributed by atoms with Gasteiger partial charge in [0.2, 0.25) is 0 Å². The monoisotopic (exact) mass is 209 g/mol. The van der Waals surface area contributed by atoms with Crippen LogP contribution in [0.4, 0.5) is 4.39 Å². The maximum atomic E-state index is 13.0. The van der Waals surface area contributed by atoms with Crippen molar-refractivity contribution >= 4 is 5.91 Å². The Labute approximate surface area is 85.2 Å². The van der Waals surface area contributed by atoms with E-state index in [1.165, 1.54) is 12.1 Å². The zero-order valence-corrected chi connectivity index (χ0v) is 7.66. The van der Waals surface area contributed by atoms with Crippen molar-refractivity contribution in [3.63, 3.8) is 0 Å². The van der Waals surface area contributed by atoms with Crippen molar-refractivity contribution in [3.8, 4) is 11.8 Å². The van der Waals surface area contributed by atoms with Gasteiger partial charge in [0, 0.05) is 6.07 Å². The molecule has 0 spiro atoms. The van der Waals surface area contributed by atoms with Crippen molar-refractivity contribution in [2.75, 3.05) is 6.61 Å². The average molecular weight is 209 g/mol. The van der Waals surface area contributed by atoms with Gasteiger partial charge in [0.25, 0.3) is 5.91 Å². The second kappa shape index (κ2) is 4.93. The summed E-state index contributed by atoms with van der Waals surface area (Å²) in [6.45, 7) is -0.304. The number of hydrogen-bond acceptors (Lipinski definition) is 4. The SMILES string of the molecule is N#Cc1ccc(OCC(=O)NN)cc1F. The Morgan fingerprint density at radius 3 is 2.93 bits per heavy atom. The maximum Gasteiger partial charge on any atom is 0.271 e. The Morgan fingerprint density at radius 2 is 2.40 bits per heavy atom. The van der Waals surface area contributed by atoms with Crippen LogP contribution in [0, 0.1) is 17.1 Å². The molecule has 0 bridgehead atoms. The van der Waals surface area contributed by atoms with Crippen LogP contribution in [0.25, 0.3) is 0 Å². The van der Waals surface area contributed by atoms with Gasteiger partial charge in [0.15, 0.2) is 6.61 Å². The summed E-state index contributed by atoms with van der Waals surface area (Å²) in [5.41, 5.74) is 1.78. The molecule has 3 N–H and O–H groups in total. The van der Waals surface area contributed by atoms with Gasteiger partial charge in [-0.05, 0) is 12.1 Å². The van der Waals surface area contributed by atoms with E-state index in [0.29, 0.717) is 0 Å². The van der Waals surface area contributed by atoms with E-state index in [0.717, 1.165) is 6.07 Å². The number of hydrazine groups is 1. The fourth-order valence-corrected chi connectivity index (χ4v) is 0.867. The van der Waals surface area contributed by atoms with Gasteiger partial charge >= 0.3 is 0 Å². The van der Waals surface area contributed by atoms with Crippen LogP contribution < -0.4 is 16.0 Å². The smallest absolute Gasteiger partial charge is 0.271 e. The van der Waals surface area contributed by atoms with E-state index in [4.69, 9.17) is 15.8 Å². The fourth-order valence-electron chi connectivity index (χ4n) is 0.867. The summed E-state index contributed by atoms with van der Waals surface area (Å²) >= 11 is 0. The van der Waals surface area contributed by atoms with Gasteiger partial charge in [-0.3, -0.25) is 10.2 Å². The lowest BCUT2D eigenvalue weighted by atomic mass is 10.2. The van der Waals surface area contributed by atoms with Gasteiger partial charge in [0.05, 0.1) is 5.56 Å². The first kappa shape index (κ1) is 10.9. The molecule has 0 unspecified atom stereocenters. The molecule has 1 aromatic rings. The molecule has 1 rings (SSSR count). The van der Waals surface area contributed by atoms with Crippen LogP contribution in [0.2, 0.25) is 0 Å². The van der Waals surface area contributed by atoms with Crippen LogP contribution in [-0.2, 0) is 4.79 Å². The highest BCUT2D eigenvalue weighted by Crippen LogP contribution is 2.15. The molecule has 0 saturated carbocycles. The highest BCUT2D eigenvalue weighted by molar-refractivity contribution is 5.76. The first-order chi connectivity index (χ1) is 7.17. The number of nitriles is 1. The van der Waals surface area contributed by atoms with Crippen molar-refractivity contribution in [3.05, 3.63) is 29.6 Å². The van der Waals surface area contributed by atoms with E-state index in [1.54, 1.807) is 6.07 Å². The Balaban J connectivity index is 2.68. The summed E-state index contributed by atoms with van der Waals surface area (Å²) in [6, 6.07) is 5.36. The summed E-state index contributed by atoms with van der Waals surface area (Å²) < 4.78 is 17.9. The molecule has 5 nitrogen and oxygen atoms in total. The Kier molecular flexibility index (Phi) is 3.60. The number of carbonyl (C=O) groups is 1. The van der Waals surface area contributed by atoms with Gasteiger partial charge in [0.1, 0.15) is 17.6 Å². The molecule has 15 heavy (non-hydrogen) atoms. The van der Waals surface area contributed by atoms with Crippen LogP contribution in [0.3, 0.4) is 0 Å². The minimum Gasteiger partial charge on any atom is -0.484 e. The van der Waals surface area contributed by atoms with E-state index in [2.05, 4.69) is 0 Å². The summed E-state index contributed by atoms with van der Waals surface area (Å²) in [5.74, 6) is 3.76. The largest absolute Gasteiger partial charge is 0.484 e. The second-order valence-corrected chi connectivity index (χ2v) is 2.61. The molecule has 0 aromatic heterocycles. The molecule has 0 saturated heterocycles. The van der Waals surface area contributed by atoms with Gasteiger partial charge < -0.3 is 4.74 Å². The number of nitrogens with two attached hydrogens (primary N) is 1. The number of carbonyl (C=O) groups excluding carboxylic acids is 1. The summed E-state index contributed by atoms with van der Waals surface area (Å²) in [5, 5.41) is 8.45. The van der Waals surface area contributed by atoms with Crippen LogP contribution in [0.5, 0.6) is 5.75 Å². The predicted molar refractivity (Wildman–Crippen MR) is 48.9 cm³/mol. The zero-order chi connectivity index (χ0) is 11.3. The highest BCUT2D eigenvalue weighted by atomic mass is 19.1. The van der Waals surface area contributed by atoms with E-state index >= 15 is 0 Å². The molecule has 0 aliphatic rings. The number of rotatable bonds is 3. The standard InChI is InChI=1S/C9H8FN3O2/c10-8-3-7(2-1-6(8)4-11)15-5-9(14)13-12/h1-3H,5,12H2,(H,13,14). The minimum absolute atomic E-state index is 0.0781. The van der Waals surface area contributed by atoms with Crippen molar-refractivity contribution in [1.29, 1.82) is 5.26 Å². The van der Waals surface area contributed by atoms with E-state index in [-0.39, 0.29) is 17.9 Å². The molecular weight excluding hydrogens is 201 g/mol. The van der Waals surface area contributed by atoms with Gasteiger partial charge in [-0.2, -0.15) is 5.26 Å². The molecule has 0 heterocycles. The molecule has 1 amide bonds. The molecule has 0 radical (unpaired) electrons. The van der Waals surface area contributed by atoms with Crippen LogP contribution in [0.1, 0.15) is 5.56 Å². The molecule has 78 valence electrons. The van der Waals surface area contributed by atoms with Crippen molar-refractivity contribution in [2.45, 2.75) is 0 Å². The Bertz CT molecular complexity index is 414.